The summed E-state index contributed by atoms with van der Waals surface area (Å²) in [5, 5.41) is 3.46. The van der Waals surface area contributed by atoms with Crippen molar-refractivity contribution >= 4 is 27.5 Å². The zero-order valence-electron chi connectivity index (χ0n) is 8.63. The van der Waals surface area contributed by atoms with Gasteiger partial charge in [-0.05, 0) is 18.2 Å². The third-order valence-corrected chi connectivity index (χ3v) is 2.84. The Hall–Kier alpha value is -1.08. The standard InChI is InChI=1S/C10H5BrClF3N2O/c11-5-1-2-6(7(3-5)10(13,14)15)9-16-8(4-12)17-18-9/h1-3H,4H2. The van der Waals surface area contributed by atoms with Crippen LogP contribution in [0.4, 0.5) is 13.2 Å². The molecule has 96 valence electrons. The monoisotopic (exact) mass is 340 g/mol. The van der Waals surface area contributed by atoms with Gasteiger partial charge in [-0.15, -0.1) is 11.6 Å². The molecule has 0 saturated heterocycles. The molecule has 1 aromatic carbocycles. The van der Waals surface area contributed by atoms with E-state index >= 15 is 0 Å². The first-order valence-electron chi connectivity index (χ1n) is 4.67. The van der Waals surface area contributed by atoms with Crippen LogP contribution in [0.5, 0.6) is 0 Å². The van der Waals surface area contributed by atoms with Crippen molar-refractivity contribution in [2.45, 2.75) is 12.1 Å². The second-order valence-corrected chi connectivity index (χ2v) is 4.52. The van der Waals surface area contributed by atoms with E-state index in [1.54, 1.807) is 0 Å². The van der Waals surface area contributed by atoms with Gasteiger partial charge in [-0.1, -0.05) is 21.1 Å². The van der Waals surface area contributed by atoms with Crippen molar-refractivity contribution in [2.24, 2.45) is 0 Å². The molecule has 0 atom stereocenters. The van der Waals surface area contributed by atoms with Gasteiger partial charge >= 0.3 is 6.18 Å². The van der Waals surface area contributed by atoms with Gasteiger partial charge in [0.15, 0.2) is 5.82 Å². The van der Waals surface area contributed by atoms with Crippen molar-refractivity contribution in [2.75, 3.05) is 0 Å². The van der Waals surface area contributed by atoms with E-state index in [4.69, 9.17) is 16.1 Å². The van der Waals surface area contributed by atoms with Gasteiger partial charge in [0.2, 0.25) is 0 Å². The molecule has 8 heteroatoms. The Labute approximate surface area is 113 Å². The van der Waals surface area contributed by atoms with Crippen LogP contribution >= 0.6 is 27.5 Å². The zero-order valence-corrected chi connectivity index (χ0v) is 11.0. The number of rotatable bonds is 2. The van der Waals surface area contributed by atoms with Crippen molar-refractivity contribution in [3.63, 3.8) is 0 Å². The molecule has 0 spiro atoms. The summed E-state index contributed by atoms with van der Waals surface area (Å²) in [6.07, 6.45) is -4.51. The first kappa shape index (κ1) is 13.4. The minimum atomic E-state index is -4.51. The lowest BCUT2D eigenvalue weighted by atomic mass is 10.1. The molecule has 0 unspecified atom stereocenters. The summed E-state index contributed by atoms with van der Waals surface area (Å²) >= 11 is 8.46. The fraction of sp³-hybridized carbons (Fsp3) is 0.200. The molecule has 0 N–H and O–H groups in total. The minimum absolute atomic E-state index is 0.0264. The maximum atomic E-state index is 12.9. The molecule has 0 amide bonds. The Kier molecular flexibility index (Phi) is 3.63. The third-order valence-electron chi connectivity index (χ3n) is 2.11. The van der Waals surface area contributed by atoms with E-state index in [2.05, 4.69) is 26.1 Å². The molecule has 18 heavy (non-hydrogen) atoms. The summed E-state index contributed by atoms with van der Waals surface area (Å²) < 4.78 is 43.7. The molecule has 0 bridgehead atoms. The summed E-state index contributed by atoms with van der Waals surface area (Å²) in [7, 11) is 0. The maximum Gasteiger partial charge on any atom is 0.417 e. The van der Waals surface area contributed by atoms with Gasteiger partial charge in [0.05, 0.1) is 17.0 Å². The first-order valence-corrected chi connectivity index (χ1v) is 6.00. The normalized spacial score (nSPS) is 11.8. The van der Waals surface area contributed by atoms with Crippen molar-refractivity contribution in [1.82, 2.24) is 10.1 Å². The second kappa shape index (κ2) is 4.89. The second-order valence-electron chi connectivity index (χ2n) is 3.34. The van der Waals surface area contributed by atoms with Crippen LogP contribution in [-0.2, 0) is 12.1 Å². The lowest BCUT2D eigenvalue weighted by Crippen LogP contribution is -2.07. The molecule has 0 saturated carbocycles. The molecule has 0 aliphatic carbocycles. The highest BCUT2D eigenvalue weighted by Gasteiger charge is 2.35. The molecule has 3 nitrogen and oxygen atoms in total. The largest absolute Gasteiger partial charge is 0.417 e. The summed E-state index contributed by atoms with van der Waals surface area (Å²) in [6.45, 7) is 0. The number of halogens is 5. The van der Waals surface area contributed by atoms with Crippen LogP contribution in [0.15, 0.2) is 27.2 Å². The van der Waals surface area contributed by atoms with Gasteiger partial charge < -0.3 is 4.52 Å². The highest BCUT2D eigenvalue weighted by Crippen LogP contribution is 2.38. The number of hydrogen-bond acceptors (Lipinski definition) is 3. The van der Waals surface area contributed by atoms with Crippen LogP contribution in [-0.4, -0.2) is 10.1 Å². The number of hydrogen-bond donors (Lipinski definition) is 0. The number of benzene rings is 1. The molecule has 1 aromatic heterocycles. The summed E-state index contributed by atoms with van der Waals surface area (Å²) in [5.41, 5.74) is -1.02. The van der Waals surface area contributed by atoms with Gasteiger partial charge in [0, 0.05) is 4.47 Å². The smallest absolute Gasteiger partial charge is 0.334 e. The van der Waals surface area contributed by atoms with Crippen LogP contribution in [0, 0.1) is 0 Å². The van der Waals surface area contributed by atoms with Crippen molar-refractivity contribution in [3.05, 3.63) is 34.1 Å². The molecule has 2 rings (SSSR count). The zero-order chi connectivity index (χ0) is 13.3. The van der Waals surface area contributed by atoms with Crippen molar-refractivity contribution < 1.29 is 17.7 Å². The van der Waals surface area contributed by atoms with Gasteiger partial charge in [-0.2, -0.15) is 18.2 Å². The Balaban J connectivity index is 2.56. The van der Waals surface area contributed by atoms with Crippen LogP contribution in [0.3, 0.4) is 0 Å². The minimum Gasteiger partial charge on any atom is -0.334 e. The lowest BCUT2D eigenvalue weighted by Gasteiger charge is -2.10. The maximum absolute atomic E-state index is 12.9. The van der Waals surface area contributed by atoms with E-state index in [0.29, 0.717) is 4.47 Å². The molecule has 0 radical (unpaired) electrons. The Morgan fingerprint density at radius 1 is 1.33 bits per heavy atom. The first-order chi connectivity index (χ1) is 8.41. The predicted octanol–water partition coefficient (Wildman–Crippen LogP) is 4.26. The molecule has 2 aromatic rings. The van der Waals surface area contributed by atoms with Gasteiger partial charge in [-0.25, -0.2) is 0 Å². The van der Waals surface area contributed by atoms with E-state index in [0.717, 1.165) is 6.07 Å². The molecular weight excluding hydrogens is 336 g/mol. The van der Waals surface area contributed by atoms with E-state index < -0.39 is 11.7 Å². The average molecular weight is 342 g/mol. The summed E-state index contributed by atoms with van der Waals surface area (Å²) in [6, 6.07) is 3.69. The molecule has 0 fully saturated rings. The van der Waals surface area contributed by atoms with Gasteiger partial charge in [-0.3, -0.25) is 0 Å². The van der Waals surface area contributed by atoms with Crippen LogP contribution in [0.2, 0.25) is 0 Å². The highest BCUT2D eigenvalue weighted by atomic mass is 79.9. The summed E-state index contributed by atoms with van der Waals surface area (Å²) in [4.78, 5) is 3.78. The van der Waals surface area contributed by atoms with Crippen LogP contribution in [0.25, 0.3) is 11.5 Å². The van der Waals surface area contributed by atoms with Crippen molar-refractivity contribution in [1.29, 1.82) is 0 Å². The Morgan fingerprint density at radius 2 is 2.06 bits per heavy atom. The molecular formula is C10H5BrClF3N2O. The molecule has 0 aliphatic rings. The van der Waals surface area contributed by atoms with Gasteiger partial charge in [0.1, 0.15) is 0 Å². The fourth-order valence-electron chi connectivity index (χ4n) is 1.36. The third kappa shape index (κ3) is 2.67. The van der Waals surface area contributed by atoms with E-state index in [9.17, 15) is 13.2 Å². The van der Waals surface area contributed by atoms with Crippen LogP contribution in [0.1, 0.15) is 11.4 Å². The van der Waals surface area contributed by atoms with Crippen molar-refractivity contribution in [3.8, 4) is 11.5 Å². The number of nitrogens with zero attached hydrogens (tertiary/aromatic N) is 2. The molecule has 0 aliphatic heterocycles. The summed E-state index contributed by atoms with van der Waals surface area (Å²) in [5.74, 6) is -0.0883. The SMILES string of the molecule is FC(F)(F)c1cc(Br)ccc1-c1nc(CCl)no1. The predicted molar refractivity (Wildman–Crippen MR) is 62.0 cm³/mol. The number of aromatic nitrogens is 2. The van der Waals surface area contributed by atoms with Gasteiger partial charge in [0.25, 0.3) is 5.89 Å². The van der Waals surface area contributed by atoms with Crippen LogP contribution < -0.4 is 0 Å². The van der Waals surface area contributed by atoms with E-state index in [1.807, 2.05) is 0 Å². The fourth-order valence-corrected chi connectivity index (χ4v) is 1.82. The topological polar surface area (TPSA) is 38.9 Å². The Bertz CT molecular complexity index is 570. The Morgan fingerprint density at radius 3 is 2.61 bits per heavy atom. The average Bonchev–Trinajstić information content (AvgIpc) is 2.76. The highest BCUT2D eigenvalue weighted by molar-refractivity contribution is 9.10. The lowest BCUT2D eigenvalue weighted by molar-refractivity contribution is -0.137. The van der Waals surface area contributed by atoms with E-state index in [-0.39, 0.29) is 23.2 Å². The number of alkyl halides is 4. The van der Waals surface area contributed by atoms with E-state index in [1.165, 1.54) is 12.1 Å². The molecule has 1 heterocycles. The quantitative estimate of drug-likeness (QED) is 0.766.